The Morgan fingerprint density at radius 2 is 2.00 bits per heavy atom. The van der Waals surface area contributed by atoms with Gasteiger partial charge in [-0.05, 0) is 44.4 Å². The molecule has 0 bridgehead atoms. The van der Waals surface area contributed by atoms with Crippen molar-refractivity contribution in [3.05, 3.63) is 40.7 Å². The Bertz CT molecular complexity index is 789. The van der Waals surface area contributed by atoms with Gasteiger partial charge in [-0.15, -0.1) is 0 Å². The molecule has 0 radical (unpaired) electrons. The zero-order chi connectivity index (χ0) is 18.0. The molecule has 1 aliphatic heterocycles. The van der Waals surface area contributed by atoms with Crippen molar-refractivity contribution in [2.24, 2.45) is 5.92 Å². The number of hydrogen-bond acceptors (Lipinski definition) is 5. The molecule has 0 atom stereocenters. The topological polar surface area (TPSA) is 78.4 Å². The van der Waals surface area contributed by atoms with Gasteiger partial charge in [0.05, 0.1) is 5.92 Å². The van der Waals surface area contributed by atoms with Crippen molar-refractivity contribution in [1.82, 2.24) is 9.97 Å². The van der Waals surface area contributed by atoms with Crippen LogP contribution < -0.4 is 10.2 Å². The lowest BCUT2D eigenvalue weighted by Crippen LogP contribution is -2.36. The fourth-order valence-corrected chi connectivity index (χ4v) is 3.19. The van der Waals surface area contributed by atoms with E-state index < -0.39 is 5.97 Å². The predicted octanol–water partition coefficient (Wildman–Crippen LogP) is 3.79. The molecule has 0 spiro atoms. The standard InChI is InChI=1S/C18H21ClN4O2/c1-11-14(19)4-3-5-15(11)22-16-10-17(21-12(2)20-16)23-8-6-13(7-9-23)18(24)25/h3-5,10,13H,6-9H2,1-2H3,(H,24,25)(H,20,21,22). The summed E-state index contributed by atoms with van der Waals surface area (Å²) in [5, 5.41) is 13.1. The lowest BCUT2D eigenvalue weighted by molar-refractivity contribution is -0.142. The molecule has 0 aliphatic carbocycles. The van der Waals surface area contributed by atoms with Crippen LogP contribution in [0.25, 0.3) is 0 Å². The highest BCUT2D eigenvalue weighted by Gasteiger charge is 2.25. The van der Waals surface area contributed by atoms with E-state index in [0.717, 1.165) is 17.1 Å². The Morgan fingerprint density at radius 1 is 1.28 bits per heavy atom. The number of halogens is 1. The molecule has 1 aromatic carbocycles. The van der Waals surface area contributed by atoms with Gasteiger partial charge in [-0.3, -0.25) is 4.79 Å². The minimum absolute atomic E-state index is 0.258. The first-order chi connectivity index (χ1) is 11.9. The van der Waals surface area contributed by atoms with E-state index in [9.17, 15) is 4.79 Å². The van der Waals surface area contributed by atoms with E-state index >= 15 is 0 Å². The van der Waals surface area contributed by atoms with Crippen LogP contribution in [0.1, 0.15) is 24.2 Å². The summed E-state index contributed by atoms with van der Waals surface area (Å²) in [6.45, 7) is 5.17. The number of aromatic nitrogens is 2. The minimum Gasteiger partial charge on any atom is -0.481 e. The second kappa shape index (κ2) is 7.27. The van der Waals surface area contributed by atoms with Crippen molar-refractivity contribution in [2.45, 2.75) is 26.7 Å². The fraction of sp³-hybridized carbons (Fsp3) is 0.389. The molecule has 0 unspecified atom stereocenters. The smallest absolute Gasteiger partial charge is 0.306 e. The molecule has 1 aliphatic rings. The van der Waals surface area contributed by atoms with Crippen LogP contribution in [0.5, 0.6) is 0 Å². The van der Waals surface area contributed by atoms with Crippen LogP contribution in [0.15, 0.2) is 24.3 Å². The Kier molecular flexibility index (Phi) is 5.08. The number of rotatable bonds is 4. The lowest BCUT2D eigenvalue weighted by atomic mass is 9.97. The fourth-order valence-electron chi connectivity index (χ4n) is 3.01. The van der Waals surface area contributed by atoms with Gasteiger partial charge in [-0.1, -0.05) is 17.7 Å². The van der Waals surface area contributed by atoms with Crippen molar-refractivity contribution < 1.29 is 9.90 Å². The van der Waals surface area contributed by atoms with E-state index in [1.54, 1.807) is 0 Å². The summed E-state index contributed by atoms with van der Waals surface area (Å²) in [6, 6.07) is 7.60. The molecule has 2 aromatic rings. The molecule has 0 amide bonds. The second-order valence-corrected chi connectivity index (χ2v) is 6.70. The molecular weight excluding hydrogens is 340 g/mol. The number of piperidine rings is 1. The van der Waals surface area contributed by atoms with Crippen LogP contribution in [0.3, 0.4) is 0 Å². The molecular formula is C18H21ClN4O2. The summed E-state index contributed by atoms with van der Waals surface area (Å²) >= 11 is 6.17. The minimum atomic E-state index is -0.711. The molecule has 0 saturated carbocycles. The number of aryl methyl sites for hydroxylation is 1. The third-order valence-corrected chi connectivity index (χ3v) is 4.93. The number of nitrogens with one attached hydrogen (secondary N) is 1. The van der Waals surface area contributed by atoms with Crippen LogP contribution >= 0.6 is 11.6 Å². The van der Waals surface area contributed by atoms with E-state index in [1.165, 1.54) is 0 Å². The summed E-state index contributed by atoms with van der Waals surface area (Å²) in [5.41, 5.74) is 1.87. The van der Waals surface area contributed by atoms with Crippen LogP contribution in [0.4, 0.5) is 17.3 Å². The zero-order valence-corrected chi connectivity index (χ0v) is 15.0. The summed E-state index contributed by atoms with van der Waals surface area (Å²) in [4.78, 5) is 22.2. The maximum absolute atomic E-state index is 11.1. The van der Waals surface area contributed by atoms with Crippen LogP contribution in [0.2, 0.25) is 5.02 Å². The maximum Gasteiger partial charge on any atom is 0.306 e. The van der Waals surface area contributed by atoms with Gasteiger partial charge in [0.15, 0.2) is 0 Å². The summed E-state index contributed by atoms with van der Waals surface area (Å²) in [7, 11) is 0. The van der Waals surface area contributed by atoms with Crippen LogP contribution in [-0.4, -0.2) is 34.1 Å². The predicted molar refractivity (Wildman–Crippen MR) is 98.8 cm³/mol. The quantitative estimate of drug-likeness (QED) is 0.863. The third kappa shape index (κ3) is 4.02. The Hall–Kier alpha value is -2.34. The van der Waals surface area contributed by atoms with Gasteiger partial charge in [-0.25, -0.2) is 9.97 Å². The van der Waals surface area contributed by atoms with Crippen molar-refractivity contribution in [2.75, 3.05) is 23.3 Å². The van der Waals surface area contributed by atoms with E-state index in [-0.39, 0.29) is 5.92 Å². The highest BCUT2D eigenvalue weighted by atomic mass is 35.5. The van der Waals surface area contributed by atoms with Gasteiger partial charge in [0.25, 0.3) is 0 Å². The molecule has 25 heavy (non-hydrogen) atoms. The van der Waals surface area contributed by atoms with Gasteiger partial charge >= 0.3 is 5.97 Å². The van der Waals surface area contributed by atoms with Gasteiger partial charge < -0.3 is 15.3 Å². The molecule has 1 aromatic heterocycles. The van der Waals surface area contributed by atoms with Crippen molar-refractivity contribution >= 4 is 34.9 Å². The number of benzene rings is 1. The number of carboxylic acid groups (broad SMARTS) is 1. The number of hydrogen-bond donors (Lipinski definition) is 2. The third-order valence-electron chi connectivity index (χ3n) is 4.52. The zero-order valence-electron chi connectivity index (χ0n) is 14.3. The second-order valence-electron chi connectivity index (χ2n) is 6.30. The highest BCUT2D eigenvalue weighted by molar-refractivity contribution is 6.31. The average Bonchev–Trinajstić information content (AvgIpc) is 2.58. The van der Waals surface area contributed by atoms with Crippen molar-refractivity contribution in [1.29, 1.82) is 0 Å². The average molecular weight is 361 g/mol. The molecule has 1 fully saturated rings. The Morgan fingerprint density at radius 3 is 2.68 bits per heavy atom. The van der Waals surface area contributed by atoms with Crippen LogP contribution in [-0.2, 0) is 4.79 Å². The van der Waals surface area contributed by atoms with Crippen molar-refractivity contribution in [3.63, 3.8) is 0 Å². The van der Waals surface area contributed by atoms with Gasteiger partial charge in [-0.2, -0.15) is 0 Å². The monoisotopic (exact) mass is 360 g/mol. The number of carboxylic acids is 1. The molecule has 3 rings (SSSR count). The van der Waals surface area contributed by atoms with E-state index in [2.05, 4.69) is 20.2 Å². The van der Waals surface area contributed by atoms with Gasteiger partial charge in [0.2, 0.25) is 0 Å². The summed E-state index contributed by atoms with van der Waals surface area (Å²) in [6.07, 6.45) is 1.27. The number of nitrogens with zero attached hydrogens (tertiary/aromatic N) is 3. The van der Waals surface area contributed by atoms with E-state index in [0.29, 0.717) is 42.6 Å². The largest absolute Gasteiger partial charge is 0.481 e. The Labute approximate surface area is 151 Å². The first kappa shape index (κ1) is 17.5. The van der Waals surface area contributed by atoms with E-state index in [1.807, 2.05) is 38.1 Å². The van der Waals surface area contributed by atoms with Crippen LogP contribution in [0, 0.1) is 19.8 Å². The molecule has 7 heteroatoms. The molecule has 2 N–H and O–H groups in total. The molecule has 132 valence electrons. The first-order valence-electron chi connectivity index (χ1n) is 8.29. The normalized spacial score (nSPS) is 15.2. The number of aliphatic carboxylic acids is 1. The van der Waals surface area contributed by atoms with Gasteiger partial charge in [0.1, 0.15) is 17.5 Å². The highest BCUT2D eigenvalue weighted by Crippen LogP contribution is 2.28. The SMILES string of the molecule is Cc1nc(Nc2cccc(Cl)c2C)cc(N2CCC(C(=O)O)CC2)n1. The number of carbonyl (C=O) groups is 1. The molecule has 2 heterocycles. The maximum atomic E-state index is 11.1. The number of anilines is 3. The van der Waals surface area contributed by atoms with Crippen molar-refractivity contribution in [3.8, 4) is 0 Å². The lowest BCUT2D eigenvalue weighted by Gasteiger charge is -2.31. The van der Waals surface area contributed by atoms with E-state index in [4.69, 9.17) is 16.7 Å². The molecule has 6 nitrogen and oxygen atoms in total. The Balaban J connectivity index is 1.79. The summed E-state index contributed by atoms with van der Waals surface area (Å²) < 4.78 is 0. The van der Waals surface area contributed by atoms with Gasteiger partial charge in [0, 0.05) is 29.9 Å². The first-order valence-corrected chi connectivity index (χ1v) is 8.67. The summed E-state index contributed by atoms with van der Waals surface area (Å²) in [5.74, 6) is 1.22. The molecule has 1 saturated heterocycles.